The molecule has 2 heteroatoms. The fourth-order valence-electron chi connectivity index (χ4n) is 3.08. The van der Waals surface area contributed by atoms with Gasteiger partial charge in [-0.1, -0.05) is 84.4 Å². The Hall–Kier alpha value is -3.13. The van der Waals surface area contributed by atoms with Gasteiger partial charge < -0.3 is 5.32 Å². The predicted molar refractivity (Wildman–Crippen MR) is 104 cm³/mol. The fourth-order valence-corrected chi connectivity index (χ4v) is 3.08. The van der Waals surface area contributed by atoms with Gasteiger partial charge in [-0.2, -0.15) is 0 Å². The first-order valence-electron chi connectivity index (χ1n) is 8.54. The first kappa shape index (κ1) is 15.4. The van der Waals surface area contributed by atoms with Crippen molar-refractivity contribution in [1.29, 1.82) is 0 Å². The molecule has 0 spiro atoms. The number of nitrogens with zero attached hydrogens (tertiary/aromatic N) is 1. The van der Waals surface area contributed by atoms with Crippen molar-refractivity contribution >= 4 is 11.5 Å². The molecule has 1 unspecified atom stereocenters. The number of benzene rings is 3. The molecule has 1 N–H and O–H groups in total. The molecule has 4 rings (SSSR count). The lowest BCUT2D eigenvalue weighted by molar-refractivity contribution is 0.880. The Morgan fingerprint density at radius 3 is 2.16 bits per heavy atom. The van der Waals surface area contributed by atoms with E-state index in [2.05, 4.69) is 91.1 Å². The standard InChI is InChI=1S/C23H20N2/c1-17-9-8-14-20(15-17)23-24-21(18-10-4-2-5-11-18)16-22(25-23)19-12-6-3-7-13-19/h2-16,21H,1H3,(H,24,25). The van der Waals surface area contributed by atoms with Crippen LogP contribution in [0.1, 0.15) is 28.3 Å². The van der Waals surface area contributed by atoms with Gasteiger partial charge in [0.1, 0.15) is 5.84 Å². The van der Waals surface area contributed by atoms with Crippen LogP contribution in [0.2, 0.25) is 0 Å². The SMILES string of the molecule is Cc1cccc(C2=NC(c3ccccc3)C=C(c3ccccc3)N2)c1. The van der Waals surface area contributed by atoms with E-state index in [-0.39, 0.29) is 6.04 Å². The predicted octanol–water partition coefficient (Wildman–Crippen LogP) is 5.13. The number of nitrogens with one attached hydrogen (secondary N) is 1. The molecule has 0 radical (unpaired) electrons. The van der Waals surface area contributed by atoms with Crippen LogP contribution in [0.4, 0.5) is 0 Å². The second kappa shape index (κ2) is 6.78. The van der Waals surface area contributed by atoms with Crippen molar-refractivity contribution in [2.75, 3.05) is 0 Å². The third kappa shape index (κ3) is 3.38. The Kier molecular flexibility index (Phi) is 4.17. The normalized spacial score (nSPS) is 16.6. The lowest BCUT2D eigenvalue weighted by atomic mass is 10.0. The van der Waals surface area contributed by atoms with Gasteiger partial charge in [0.15, 0.2) is 0 Å². The van der Waals surface area contributed by atoms with Gasteiger partial charge in [0.2, 0.25) is 0 Å². The van der Waals surface area contributed by atoms with Crippen molar-refractivity contribution in [1.82, 2.24) is 5.32 Å². The summed E-state index contributed by atoms with van der Waals surface area (Å²) >= 11 is 0. The molecule has 1 atom stereocenters. The molecule has 0 saturated heterocycles. The lowest BCUT2D eigenvalue weighted by Gasteiger charge is -2.23. The monoisotopic (exact) mass is 324 g/mol. The average molecular weight is 324 g/mol. The maximum Gasteiger partial charge on any atom is 0.133 e. The van der Waals surface area contributed by atoms with Crippen LogP contribution in [-0.4, -0.2) is 5.84 Å². The third-order valence-corrected chi connectivity index (χ3v) is 4.36. The van der Waals surface area contributed by atoms with Crippen LogP contribution in [-0.2, 0) is 0 Å². The van der Waals surface area contributed by atoms with Gasteiger partial charge in [0, 0.05) is 11.3 Å². The van der Waals surface area contributed by atoms with E-state index in [1.807, 2.05) is 12.1 Å². The molecule has 0 bridgehead atoms. The summed E-state index contributed by atoms with van der Waals surface area (Å²) in [6.07, 6.45) is 2.20. The molecule has 0 saturated carbocycles. The molecular formula is C23H20N2. The van der Waals surface area contributed by atoms with Gasteiger partial charge in [0.25, 0.3) is 0 Å². The number of hydrogen-bond donors (Lipinski definition) is 1. The van der Waals surface area contributed by atoms with Crippen LogP contribution in [0.5, 0.6) is 0 Å². The summed E-state index contributed by atoms with van der Waals surface area (Å²) in [6.45, 7) is 2.11. The molecule has 0 fully saturated rings. The highest BCUT2D eigenvalue weighted by Crippen LogP contribution is 2.28. The molecule has 3 aromatic rings. The highest BCUT2D eigenvalue weighted by molar-refractivity contribution is 6.04. The van der Waals surface area contributed by atoms with E-state index in [1.54, 1.807) is 0 Å². The van der Waals surface area contributed by atoms with Crippen molar-refractivity contribution in [2.24, 2.45) is 4.99 Å². The zero-order chi connectivity index (χ0) is 17.1. The van der Waals surface area contributed by atoms with E-state index in [0.29, 0.717) is 0 Å². The van der Waals surface area contributed by atoms with Crippen LogP contribution in [0, 0.1) is 6.92 Å². The summed E-state index contributed by atoms with van der Waals surface area (Å²) in [7, 11) is 0. The molecule has 1 heterocycles. The molecule has 122 valence electrons. The lowest BCUT2D eigenvalue weighted by Crippen LogP contribution is -2.27. The van der Waals surface area contributed by atoms with E-state index >= 15 is 0 Å². The Labute approximate surface area is 148 Å². The Morgan fingerprint density at radius 2 is 1.44 bits per heavy atom. The van der Waals surface area contributed by atoms with Gasteiger partial charge in [-0.15, -0.1) is 0 Å². The minimum absolute atomic E-state index is 0.00756. The summed E-state index contributed by atoms with van der Waals surface area (Å²) in [6, 6.07) is 29.3. The van der Waals surface area contributed by atoms with Crippen molar-refractivity contribution in [3.63, 3.8) is 0 Å². The number of hydrogen-bond acceptors (Lipinski definition) is 2. The molecular weight excluding hydrogens is 304 g/mol. The Morgan fingerprint density at radius 1 is 0.760 bits per heavy atom. The summed E-state index contributed by atoms with van der Waals surface area (Å²) in [5.41, 5.74) is 5.81. The molecule has 3 aromatic carbocycles. The van der Waals surface area contributed by atoms with Crippen LogP contribution in [0.3, 0.4) is 0 Å². The molecule has 1 aliphatic rings. The van der Waals surface area contributed by atoms with Crippen molar-refractivity contribution in [2.45, 2.75) is 13.0 Å². The van der Waals surface area contributed by atoms with Crippen LogP contribution in [0.15, 0.2) is 96.0 Å². The summed E-state index contributed by atoms with van der Waals surface area (Å²) in [4.78, 5) is 4.97. The van der Waals surface area contributed by atoms with Crippen molar-refractivity contribution < 1.29 is 0 Å². The van der Waals surface area contributed by atoms with Gasteiger partial charge in [0.05, 0.1) is 6.04 Å². The van der Waals surface area contributed by atoms with Crippen LogP contribution >= 0.6 is 0 Å². The molecule has 1 aliphatic heterocycles. The summed E-state index contributed by atoms with van der Waals surface area (Å²) in [5.74, 6) is 0.916. The first-order chi connectivity index (χ1) is 12.3. The molecule has 2 nitrogen and oxygen atoms in total. The number of aliphatic imine (C=N–C) groups is 1. The average Bonchev–Trinajstić information content (AvgIpc) is 2.69. The largest absolute Gasteiger partial charge is 0.340 e. The van der Waals surface area contributed by atoms with E-state index in [0.717, 1.165) is 17.1 Å². The van der Waals surface area contributed by atoms with Crippen LogP contribution in [0.25, 0.3) is 5.70 Å². The number of amidine groups is 1. The fraction of sp³-hybridized carbons (Fsp3) is 0.0870. The topological polar surface area (TPSA) is 24.4 Å². The zero-order valence-electron chi connectivity index (χ0n) is 14.2. The van der Waals surface area contributed by atoms with E-state index < -0.39 is 0 Å². The number of aryl methyl sites for hydroxylation is 1. The van der Waals surface area contributed by atoms with E-state index in [4.69, 9.17) is 4.99 Å². The Balaban J connectivity index is 1.79. The van der Waals surface area contributed by atoms with E-state index in [9.17, 15) is 0 Å². The maximum atomic E-state index is 4.97. The second-order valence-corrected chi connectivity index (χ2v) is 6.27. The quantitative estimate of drug-likeness (QED) is 0.710. The molecule has 0 aliphatic carbocycles. The second-order valence-electron chi connectivity index (χ2n) is 6.27. The van der Waals surface area contributed by atoms with Gasteiger partial charge in [-0.25, -0.2) is 0 Å². The third-order valence-electron chi connectivity index (χ3n) is 4.36. The highest BCUT2D eigenvalue weighted by Gasteiger charge is 2.18. The van der Waals surface area contributed by atoms with E-state index in [1.165, 1.54) is 16.7 Å². The molecule has 0 amide bonds. The minimum Gasteiger partial charge on any atom is -0.340 e. The number of rotatable bonds is 3. The summed E-state index contributed by atoms with van der Waals surface area (Å²) < 4.78 is 0. The molecule has 0 aromatic heterocycles. The maximum absolute atomic E-state index is 4.97. The van der Waals surface area contributed by atoms with Crippen molar-refractivity contribution in [3.05, 3.63) is 113 Å². The van der Waals surface area contributed by atoms with Gasteiger partial charge in [-0.3, -0.25) is 4.99 Å². The highest BCUT2D eigenvalue weighted by atomic mass is 15.0. The zero-order valence-corrected chi connectivity index (χ0v) is 14.2. The Bertz CT molecular complexity index is 925. The first-order valence-corrected chi connectivity index (χ1v) is 8.54. The summed E-state index contributed by atoms with van der Waals surface area (Å²) in [5, 5.41) is 3.52. The van der Waals surface area contributed by atoms with Gasteiger partial charge >= 0.3 is 0 Å². The van der Waals surface area contributed by atoms with Gasteiger partial charge in [-0.05, 0) is 30.2 Å². The van der Waals surface area contributed by atoms with Crippen molar-refractivity contribution in [3.8, 4) is 0 Å². The smallest absolute Gasteiger partial charge is 0.133 e. The molecule has 25 heavy (non-hydrogen) atoms. The minimum atomic E-state index is 0.00756. The van der Waals surface area contributed by atoms with Crippen LogP contribution < -0.4 is 5.32 Å².